The lowest BCUT2D eigenvalue weighted by Crippen LogP contribution is -2.15. The number of anilines is 1. The molecule has 2 aromatic heterocycles. The molecule has 0 saturated heterocycles. The smallest absolute Gasteiger partial charge is 0.279 e. The number of carbonyl (C=O) groups excluding carboxylic acids is 1. The van der Waals surface area contributed by atoms with Gasteiger partial charge in [0, 0.05) is 11.6 Å². The van der Waals surface area contributed by atoms with Gasteiger partial charge in [-0.2, -0.15) is 0 Å². The van der Waals surface area contributed by atoms with Crippen LogP contribution in [0.4, 0.5) is 5.13 Å². The predicted octanol–water partition coefficient (Wildman–Crippen LogP) is 3.98. The van der Waals surface area contributed by atoms with Gasteiger partial charge in [0.25, 0.3) is 5.91 Å². The first-order valence-corrected chi connectivity index (χ1v) is 9.64. The number of hydrogen-bond donors (Lipinski definition) is 1. The zero-order valence-electron chi connectivity index (χ0n) is 15.3. The molecule has 9 heteroatoms. The van der Waals surface area contributed by atoms with E-state index in [1.807, 2.05) is 30.3 Å². The van der Waals surface area contributed by atoms with E-state index in [2.05, 4.69) is 15.5 Å². The van der Waals surface area contributed by atoms with Crippen LogP contribution in [0.3, 0.4) is 0 Å². The van der Waals surface area contributed by atoms with Crippen molar-refractivity contribution in [2.24, 2.45) is 0 Å². The third kappa shape index (κ3) is 3.36. The van der Waals surface area contributed by atoms with E-state index in [-0.39, 0.29) is 5.69 Å². The highest BCUT2D eigenvalue weighted by Crippen LogP contribution is 2.35. The van der Waals surface area contributed by atoms with Crippen molar-refractivity contribution in [3.63, 3.8) is 0 Å². The summed E-state index contributed by atoms with van der Waals surface area (Å²) < 4.78 is 22.6. The maximum atomic E-state index is 12.6. The summed E-state index contributed by atoms with van der Waals surface area (Å²) in [6.07, 6.45) is 0. The molecule has 0 atom stereocenters. The van der Waals surface area contributed by atoms with E-state index in [9.17, 15) is 4.79 Å². The van der Waals surface area contributed by atoms with Gasteiger partial charge in [-0.15, -0.1) is 0 Å². The van der Waals surface area contributed by atoms with Crippen LogP contribution in [0.25, 0.3) is 21.5 Å². The van der Waals surface area contributed by atoms with Crippen molar-refractivity contribution in [1.29, 1.82) is 0 Å². The fourth-order valence-corrected chi connectivity index (χ4v) is 3.85. The maximum absolute atomic E-state index is 12.6. The summed E-state index contributed by atoms with van der Waals surface area (Å²) in [5.74, 6) is 2.12. The van der Waals surface area contributed by atoms with E-state index in [0.717, 1.165) is 21.5 Å². The number of amides is 1. The number of carbonyl (C=O) groups is 1. The van der Waals surface area contributed by atoms with Crippen LogP contribution in [0, 0.1) is 0 Å². The Hall–Kier alpha value is -3.59. The fourth-order valence-electron chi connectivity index (χ4n) is 2.96. The number of thiazole rings is 1. The van der Waals surface area contributed by atoms with Gasteiger partial charge in [-0.25, -0.2) is 4.98 Å². The van der Waals surface area contributed by atoms with E-state index < -0.39 is 5.91 Å². The molecular formula is C20H15N3O5S. The molecule has 2 aromatic carbocycles. The highest BCUT2D eigenvalue weighted by molar-refractivity contribution is 7.22. The standard InChI is InChI=1S/C20H15N3O5S/c1-25-12-3-4-13-18(9-12)29-20(21-13)22-19(24)14-10-16(28-23-14)11-2-5-15-17(8-11)27-7-6-26-15/h2-5,8-10H,6-7H2,1H3,(H,21,22,24). The largest absolute Gasteiger partial charge is 0.497 e. The Bertz CT molecular complexity index is 1220. The molecule has 4 aromatic rings. The molecular weight excluding hydrogens is 394 g/mol. The van der Waals surface area contributed by atoms with Crippen molar-refractivity contribution in [2.45, 2.75) is 0 Å². The van der Waals surface area contributed by atoms with E-state index in [1.54, 1.807) is 19.2 Å². The van der Waals surface area contributed by atoms with Crippen molar-refractivity contribution in [3.8, 4) is 28.6 Å². The van der Waals surface area contributed by atoms with E-state index >= 15 is 0 Å². The maximum Gasteiger partial charge on any atom is 0.279 e. The molecule has 29 heavy (non-hydrogen) atoms. The molecule has 1 N–H and O–H groups in total. The lowest BCUT2D eigenvalue weighted by Gasteiger charge is -2.18. The van der Waals surface area contributed by atoms with Gasteiger partial charge in [-0.05, 0) is 36.4 Å². The van der Waals surface area contributed by atoms with E-state index in [0.29, 0.717) is 35.6 Å². The molecule has 0 bridgehead atoms. The van der Waals surface area contributed by atoms with Gasteiger partial charge < -0.3 is 18.7 Å². The summed E-state index contributed by atoms with van der Waals surface area (Å²) in [5.41, 5.74) is 1.68. The summed E-state index contributed by atoms with van der Waals surface area (Å²) in [4.78, 5) is 17.0. The molecule has 8 nitrogen and oxygen atoms in total. The van der Waals surface area contributed by atoms with Crippen molar-refractivity contribution < 1.29 is 23.5 Å². The number of methoxy groups -OCH3 is 1. The number of aromatic nitrogens is 2. The van der Waals surface area contributed by atoms with Crippen molar-refractivity contribution >= 4 is 32.6 Å². The molecule has 0 radical (unpaired) electrons. The topological polar surface area (TPSA) is 95.7 Å². The molecule has 0 fully saturated rings. The predicted molar refractivity (Wildman–Crippen MR) is 107 cm³/mol. The molecule has 1 aliphatic heterocycles. The first kappa shape index (κ1) is 17.5. The summed E-state index contributed by atoms with van der Waals surface area (Å²) in [6.45, 7) is 1.02. The highest BCUT2D eigenvalue weighted by Gasteiger charge is 2.18. The SMILES string of the molecule is COc1ccc2nc(NC(=O)c3cc(-c4ccc5c(c4)OCCO5)on3)sc2c1. The summed E-state index contributed by atoms with van der Waals surface area (Å²) >= 11 is 1.36. The molecule has 0 unspecified atom stereocenters. The van der Waals surface area contributed by atoms with E-state index in [4.69, 9.17) is 18.7 Å². The minimum Gasteiger partial charge on any atom is -0.497 e. The summed E-state index contributed by atoms with van der Waals surface area (Å²) in [7, 11) is 1.61. The number of hydrogen-bond acceptors (Lipinski definition) is 8. The monoisotopic (exact) mass is 409 g/mol. The third-order valence-corrected chi connectivity index (χ3v) is 5.32. The van der Waals surface area contributed by atoms with Gasteiger partial charge in [0.2, 0.25) is 0 Å². The zero-order valence-corrected chi connectivity index (χ0v) is 16.1. The minimum absolute atomic E-state index is 0.159. The Morgan fingerprint density at radius 2 is 1.97 bits per heavy atom. The molecule has 5 rings (SSSR count). The summed E-state index contributed by atoms with van der Waals surface area (Å²) in [5, 5.41) is 7.11. The van der Waals surface area contributed by atoms with E-state index in [1.165, 1.54) is 11.3 Å². The number of fused-ring (bicyclic) bond motifs is 2. The van der Waals surface area contributed by atoms with Crippen LogP contribution < -0.4 is 19.5 Å². The van der Waals surface area contributed by atoms with Crippen LogP contribution in [-0.4, -0.2) is 36.4 Å². The van der Waals surface area contributed by atoms with Crippen LogP contribution in [0.1, 0.15) is 10.5 Å². The Balaban J connectivity index is 1.35. The van der Waals surface area contributed by atoms with Crippen LogP contribution in [0.15, 0.2) is 47.0 Å². The third-order valence-electron chi connectivity index (χ3n) is 4.39. The second kappa shape index (κ2) is 7.10. The first-order valence-electron chi connectivity index (χ1n) is 8.82. The molecule has 0 spiro atoms. The Morgan fingerprint density at radius 3 is 2.83 bits per heavy atom. The second-order valence-corrected chi connectivity index (χ2v) is 7.27. The number of rotatable bonds is 4. The average molecular weight is 409 g/mol. The molecule has 0 aliphatic carbocycles. The van der Waals surface area contributed by atoms with Gasteiger partial charge in [0.1, 0.15) is 19.0 Å². The van der Waals surface area contributed by atoms with Gasteiger partial charge in [0.05, 0.1) is 17.3 Å². The van der Waals surface area contributed by atoms with Gasteiger partial charge in [-0.1, -0.05) is 16.5 Å². The quantitative estimate of drug-likeness (QED) is 0.545. The number of nitrogens with zero attached hydrogens (tertiary/aromatic N) is 2. The second-order valence-electron chi connectivity index (χ2n) is 6.24. The Kier molecular flexibility index (Phi) is 4.28. The summed E-state index contributed by atoms with van der Waals surface area (Å²) in [6, 6.07) is 12.6. The lowest BCUT2D eigenvalue weighted by atomic mass is 10.1. The highest BCUT2D eigenvalue weighted by atomic mass is 32.1. The van der Waals surface area contributed by atoms with Gasteiger partial charge in [-0.3, -0.25) is 10.1 Å². The first-order chi connectivity index (χ1) is 14.2. The number of ether oxygens (including phenoxy) is 3. The molecule has 1 amide bonds. The lowest BCUT2D eigenvalue weighted by molar-refractivity contribution is 0.101. The van der Waals surface area contributed by atoms with Crippen molar-refractivity contribution in [1.82, 2.24) is 10.1 Å². The number of nitrogens with one attached hydrogen (secondary N) is 1. The Labute approximate surface area is 169 Å². The normalized spacial score (nSPS) is 12.7. The Morgan fingerprint density at radius 1 is 1.10 bits per heavy atom. The van der Waals surface area contributed by atoms with Crippen LogP contribution in [0.5, 0.6) is 17.2 Å². The molecule has 1 aliphatic rings. The molecule has 3 heterocycles. The van der Waals surface area contributed by atoms with Crippen LogP contribution >= 0.6 is 11.3 Å². The zero-order chi connectivity index (χ0) is 19.8. The van der Waals surface area contributed by atoms with Crippen LogP contribution in [-0.2, 0) is 0 Å². The van der Waals surface area contributed by atoms with Gasteiger partial charge >= 0.3 is 0 Å². The fraction of sp³-hybridized carbons (Fsp3) is 0.150. The van der Waals surface area contributed by atoms with Crippen LogP contribution in [0.2, 0.25) is 0 Å². The molecule has 0 saturated carbocycles. The number of benzene rings is 2. The van der Waals surface area contributed by atoms with Crippen molar-refractivity contribution in [2.75, 3.05) is 25.6 Å². The molecule has 146 valence electrons. The average Bonchev–Trinajstić information content (AvgIpc) is 3.39. The van der Waals surface area contributed by atoms with Crippen molar-refractivity contribution in [3.05, 3.63) is 48.2 Å². The van der Waals surface area contributed by atoms with Gasteiger partial charge in [0.15, 0.2) is 28.1 Å². The minimum atomic E-state index is -0.399.